The van der Waals surface area contributed by atoms with Crippen molar-refractivity contribution in [1.82, 2.24) is 10.2 Å². The molecule has 0 radical (unpaired) electrons. The van der Waals surface area contributed by atoms with Gasteiger partial charge in [0.15, 0.2) is 0 Å². The van der Waals surface area contributed by atoms with Crippen LogP contribution in [0.5, 0.6) is 0 Å². The summed E-state index contributed by atoms with van der Waals surface area (Å²) in [7, 11) is 0. The zero-order valence-corrected chi connectivity index (χ0v) is 14.6. The van der Waals surface area contributed by atoms with E-state index >= 15 is 0 Å². The lowest BCUT2D eigenvalue weighted by molar-refractivity contribution is -0.140. The van der Waals surface area contributed by atoms with Gasteiger partial charge in [-0.15, -0.1) is 0 Å². The van der Waals surface area contributed by atoms with Crippen molar-refractivity contribution in [2.75, 3.05) is 39.5 Å². The van der Waals surface area contributed by atoms with Gasteiger partial charge in [-0.05, 0) is 12.1 Å². The maximum absolute atomic E-state index is 13.7. The lowest BCUT2D eigenvalue weighted by atomic mass is 10.1. The van der Waals surface area contributed by atoms with Crippen LogP contribution >= 0.6 is 23.2 Å². The van der Waals surface area contributed by atoms with Crippen LogP contribution in [0.25, 0.3) is 0 Å². The van der Waals surface area contributed by atoms with E-state index in [2.05, 4.69) is 5.32 Å². The van der Waals surface area contributed by atoms with Crippen molar-refractivity contribution in [3.05, 3.63) is 33.6 Å². The van der Waals surface area contributed by atoms with E-state index in [0.29, 0.717) is 49.9 Å². The number of morpholine rings is 2. The Morgan fingerprint density at radius 3 is 2.92 bits per heavy atom. The van der Waals surface area contributed by atoms with Crippen molar-refractivity contribution in [3.8, 4) is 0 Å². The van der Waals surface area contributed by atoms with Gasteiger partial charge in [-0.25, -0.2) is 4.39 Å². The number of halogens is 3. The Morgan fingerprint density at radius 1 is 1.33 bits per heavy atom. The number of hydrogen-bond acceptors (Lipinski definition) is 4. The molecule has 1 aromatic carbocycles. The number of ether oxygens (including phenoxy) is 2. The molecule has 2 atom stereocenters. The molecular formula is C16H19Cl2FN2O3. The first kappa shape index (κ1) is 17.9. The third-order valence-corrected chi connectivity index (χ3v) is 4.84. The van der Waals surface area contributed by atoms with E-state index in [1.165, 1.54) is 12.1 Å². The number of amides is 1. The highest BCUT2D eigenvalue weighted by Crippen LogP contribution is 2.32. The van der Waals surface area contributed by atoms with Gasteiger partial charge in [-0.1, -0.05) is 23.2 Å². The molecule has 0 aromatic heterocycles. The van der Waals surface area contributed by atoms with Crippen LogP contribution in [0.4, 0.5) is 4.39 Å². The van der Waals surface area contributed by atoms with Crippen molar-refractivity contribution < 1.29 is 18.7 Å². The van der Waals surface area contributed by atoms with E-state index in [4.69, 9.17) is 32.7 Å². The zero-order valence-electron chi connectivity index (χ0n) is 13.1. The largest absolute Gasteiger partial charge is 0.378 e. The van der Waals surface area contributed by atoms with Crippen LogP contribution in [0.2, 0.25) is 10.0 Å². The van der Waals surface area contributed by atoms with Gasteiger partial charge in [0.05, 0.1) is 31.4 Å². The van der Waals surface area contributed by atoms with E-state index in [0.717, 1.165) is 6.54 Å². The minimum atomic E-state index is -0.549. The predicted octanol–water partition coefficient (Wildman–Crippen LogP) is 2.41. The summed E-state index contributed by atoms with van der Waals surface area (Å²) in [6.45, 7) is 3.19. The first-order valence-corrected chi connectivity index (χ1v) is 8.65. The Balaban J connectivity index is 1.65. The SMILES string of the molecule is O=C(CC1COCCN1)N1CCOC(c2cc(F)c(Cl)cc2Cl)C1. The zero-order chi connectivity index (χ0) is 17.1. The second kappa shape index (κ2) is 7.97. The summed E-state index contributed by atoms with van der Waals surface area (Å²) in [5, 5.41) is 3.57. The Labute approximate surface area is 150 Å². The summed E-state index contributed by atoms with van der Waals surface area (Å²) in [5.41, 5.74) is 0.509. The number of hydrogen-bond donors (Lipinski definition) is 1. The highest BCUT2D eigenvalue weighted by molar-refractivity contribution is 6.35. The molecule has 3 rings (SSSR count). The van der Waals surface area contributed by atoms with Crippen molar-refractivity contribution in [2.45, 2.75) is 18.6 Å². The van der Waals surface area contributed by atoms with Crippen LogP contribution in [0.3, 0.4) is 0 Å². The van der Waals surface area contributed by atoms with Crippen LogP contribution in [0.15, 0.2) is 12.1 Å². The van der Waals surface area contributed by atoms with Crippen LogP contribution < -0.4 is 5.32 Å². The predicted molar refractivity (Wildman–Crippen MR) is 88.9 cm³/mol. The monoisotopic (exact) mass is 376 g/mol. The lowest BCUT2D eigenvalue weighted by Gasteiger charge is -2.35. The molecular weight excluding hydrogens is 358 g/mol. The fourth-order valence-electron chi connectivity index (χ4n) is 2.94. The molecule has 1 aromatic rings. The van der Waals surface area contributed by atoms with E-state index in [-0.39, 0.29) is 17.0 Å². The van der Waals surface area contributed by atoms with Gasteiger partial charge in [0.25, 0.3) is 0 Å². The van der Waals surface area contributed by atoms with Gasteiger partial charge < -0.3 is 19.7 Å². The fraction of sp³-hybridized carbons (Fsp3) is 0.562. The van der Waals surface area contributed by atoms with Gasteiger partial charge in [0.1, 0.15) is 11.9 Å². The van der Waals surface area contributed by atoms with Crippen molar-refractivity contribution in [2.24, 2.45) is 0 Å². The van der Waals surface area contributed by atoms with Gasteiger partial charge in [-0.2, -0.15) is 0 Å². The molecule has 2 aliphatic heterocycles. The molecule has 2 fully saturated rings. The molecule has 1 amide bonds. The fourth-order valence-corrected chi connectivity index (χ4v) is 3.44. The minimum absolute atomic E-state index is 0.0249. The Hall–Kier alpha value is -0.920. The average Bonchev–Trinajstić information content (AvgIpc) is 2.59. The number of carbonyl (C=O) groups excluding carboxylic acids is 1. The highest BCUT2D eigenvalue weighted by Gasteiger charge is 2.29. The number of carbonyl (C=O) groups is 1. The molecule has 2 heterocycles. The van der Waals surface area contributed by atoms with Crippen LogP contribution in [-0.4, -0.2) is 56.3 Å². The average molecular weight is 377 g/mol. The van der Waals surface area contributed by atoms with E-state index < -0.39 is 11.9 Å². The standard InChI is InChI=1S/C16H19Cl2FN2O3/c17-12-7-13(18)14(19)6-11(12)15-8-21(2-4-24-15)16(22)5-10-9-23-3-1-20-10/h6-7,10,15,20H,1-5,8-9H2. The Kier molecular flexibility index (Phi) is 5.94. The summed E-state index contributed by atoms with van der Waals surface area (Å²) in [5.74, 6) is -0.525. The first-order chi connectivity index (χ1) is 11.5. The van der Waals surface area contributed by atoms with E-state index in [1.807, 2.05) is 0 Å². The molecule has 2 saturated heterocycles. The molecule has 2 unspecified atom stereocenters. The van der Waals surface area contributed by atoms with Crippen LogP contribution in [0, 0.1) is 5.82 Å². The Bertz CT molecular complexity index is 611. The topological polar surface area (TPSA) is 50.8 Å². The molecule has 0 spiro atoms. The number of rotatable bonds is 3. The Morgan fingerprint density at radius 2 is 2.17 bits per heavy atom. The second-order valence-electron chi connectivity index (χ2n) is 5.92. The van der Waals surface area contributed by atoms with Gasteiger partial charge >= 0.3 is 0 Å². The molecule has 0 saturated carbocycles. The summed E-state index contributed by atoms with van der Waals surface area (Å²) in [6.07, 6.45) is -0.0902. The summed E-state index contributed by atoms with van der Waals surface area (Å²) < 4.78 is 24.8. The van der Waals surface area contributed by atoms with Crippen molar-refractivity contribution in [3.63, 3.8) is 0 Å². The molecule has 24 heavy (non-hydrogen) atoms. The third-order valence-electron chi connectivity index (χ3n) is 4.23. The first-order valence-electron chi connectivity index (χ1n) is 7.89. The second-order valence-corrected chi connectivity index (χ2v) is 6.73. The van der Waals surface area contributed by atoms with Crippen LogP contribution in [-0.2, 0) is 14.3 Å². The number of nitrogens with zero attached hydrogens (tertiary/aromatic N) is 1. The smallest absolute Gasteiger partial charge is 0.224 e. The highest BCUT2D eigenvalue weighted by atomic mass is 35.5. The number of nitrogens with one attached hydrogen (secondary N) is 1. The molecule has 132 valence electrons. The normalized spacial score (nSPS) is 24.9. The third kappa shape index (κ3) is 4.18. The summed E-state index contributed by atoms with van der Waals surface area (Å²) in [6, 6.07) is 2.67. The van der Waals surface area contributed by atoms with Crippen LogP contribution in [0.1, 0.15) is 18.1 Å². The van der Waals surface area contributed by atoms with Crippen molar-refractivity contribution in [1.29, 1.82) is 0 Å². The van der Waals surface area contributed by atoms with Gasteiger partial charge in [0, 0.05) is 36.1 Å². The van der Waals surface area contributed by atoms with E-state index in [9.17, 15) is 9.18 Å². The lowest BCUT2D eigenvalue weighted by Crippen LogP contribution is -2.48. The maximum atomic E-state index is 13.7. The molecule has 0 aliphatic carbocycles. The molecule has 2 aliphatic rings. The van der Waals surface area contributed by atoms with Crippen molar-refractivity contribution >= 4 is 29.1 Å². The quantitative estimate of drug-likeness (QED) is 0.823. The summed E-state index contributed by atoms with van der Waals surface area (Å²) >= 11 is 11.9. The maximum Gasteiger partial charge on any atom is 0.224 e. The molecule has 0 bridgehead atoms. The summed E-state index contributed by atoms with van der Waals surface area (Å²) in [4.78, 5) is 14.2. The molecule has 1 N–H and O–H groups in total. The minimum Gasteiger partial charge on any atom is -0.378 e. The number of benzene rings is 1. The van der Waals surface area contributed by atoms with Gasteiger partial charge in [-0.3, -0.25) is 4.79 Å². The molecule has 5 nitrogen and oxygen atoms in total. The van der Waals surface area contributed by atoms with Gasteiger partial charge in [0.2, 0.25) is 5.91 Å². The van der Waals surface area contributed by atoms with E-state index in [1.54, 1.807) is 4.90 Å². The molecule has 8 heteroatoms.